The Bertz CT molecular complexity index is 1030. The number of benzene rings is 2. The first kappa shape index (κ1) is 17.6. The summed E-state index contributed by atoms with van der Waals surface area (Å²) in [6, 6.07) is 15.3. The highest BCUT2D eigenvalue weighted by molar-refractivity contribution is 9.10. The molecule has 0 aliphatic carbocycles. The van der Waals surface area contributed by atoms with Gasteiger partial charge in [-0.3, -0.25) is 4.79 Å². The van der Waals surface area contributed by atoms with Gasteiger partial charge in [-0.1, -0.05) is 46.3 Å². The maximum atomic E-state index is 12.2. The van der Waals surface area contributed by atoms with Crippen molar-refractivity contribution in [1.82, 2.24) is 15.4 Å². The maximum absolute atomic E-state index is 12.2. The van der Waals surface area contributed by atoms with Gasteiger partial charge in [-0.15, -0.1) is 0 Å². The molecule has 1 aromatic heterocycles. The molecule has 0 unspecified atom stereocenters. The van der Waals surface area contributed by atoms with Crippen LogP contribution in [-0.2, 0) is 0 Å². The van der Waals surface area contributed by atoms with Crippen LogP contribution in [0.15, 0.2) is 69.0 Å². The molecule has 130 valence electrons. The van der Waals surface area contributed by atoms with Gasteiger partial charge in [0.1, 0.15) is 11.4 Å². The van der Waals surface area contributed by atoms with Gasteiger partial charge < -0.3 is 10.1 Å². The van der Waals surface area contributed by atoms with Crippen molar-refractivity contribution in [2.24, 2.45) is 5.10 Å². The van der Waals surface area contributed by atoms with Crippen LogP contribution in [0.4, 0.5) is 0 Å². The van der Waals surface area contributed by atoms with E-state index in [0.29, 0.717) is 11.3 Å². The van der Waals surface area contributed by atoms with Crippen molar-refractivity contribution in [3.05, 3.63) is 80.8 Å². The Kier molecular flexibility index (Phi) is 5.23. The number of nitrogens with zero attached hydrogens (tertiary/aromatic N) is 2. The number of halogens is 1. The average Bonchev–Trinajstić information content (AvgIpc) is 2.64. The zero-order valence-corrected chi connectivity index (χ0v) is 14.9. The van der Waals surface area contributed by atoms with E-state index in [1.165, 1.54) is 18.3 Å². The highest BCUT2D eigenvalue weighted by Gasteiger charge is 2.10. The van der Waals surface area contributed by atoms with Crippen LogP contribution in [0, 0.1) is 0 Å². The van der Waals surface area contributed by atoms with E-state index >= 15 is 0 Å². The van der Waals surface area contributed by atoms with Gasteiger partial charge in [-0.25, -0.2) is 10.2 Å². The number of amides is 1. The first-order valence-electron chi connectivity index (χ1n) is 7.51. The lowest BCUT2D eigenvalue weighted by Crippen LogP contribution is -2.24. The molecule has 1 heterocycles. The first-order valence-corrected chi connectivity index (χ1v) is 8.31. The van der Waals surface area contributed by atoms with Gasteiger partial charge in [0, 0.05) is 15.6 Å². The molecule has 7 nitrogen and oxygen atoms in total. The number of aromatic hydroxyl groups is 1. The minimum absolute atomic E-state index is 0.0230. The van der Waals surface area contributed by atoms with Crippen LogP contribution in [0.3, 0.4) is 0 Å². The molecule has 0 bridgehead atoms. The Balaban J connectivity index is 1.80. The molecule has 26 heavy (non-hydrogen) atoms. The van der Waals surface area contributed by atoms with Crippen LogP contribution in [0.1, 0.15) is 16.1 Å². The molecule has 8 heteroatoms. The van der Waals surface area contributed by atoms with Gasteiger partial charge in [0.05, 0.1) is 11.9 Å². The molecule has 0 spiro atoms. The number of phenols is 1. The molecule has 0 aliphatic heterocycles. The standard InChI is InChI=1S/C18H13BrN4O3/c19-13-6-7-16(24)12(8-13)10-20-23-17(25)15-9-14(21-18(26)22-15)11-4-2-1-3-5-11/h1-10,24H,(H,23,25)(H,21,22,26)/b20-10+. The fraction of sp³-hybridized carbons (Fsp3) is 0. The van der Waals surface area contributed by atoms with Gasteiger partial charge >= 0.3 is 5.69 Å². The number of aromatic amines is 1. The molecule has 0 atom stereocenters. The van der Waals surface area contributed by atoms with Crippen molar-refractivity contribution in [2.75, 3.05) is 0 Å². The summed E-state index contributed by atoms with van der Waals surface area (Å²) in [6.45, 7) is 0. The number of phenolic OH excluding ortho intramolecular Hbond substituents is 1. The highest BCUT2D eigenvalue weighted by Crippen LogP contribution is 2.20. The van der Waals surface area contributed by atoms with Crippen molar-refractivity contribution in [2.45, 2.75) is 0 Å². The second kappa shape index (κ2) is 7.75. The number of carbonyl (C=O) groups excluding carboxylic acids is 1. The van der Waals surface area contributed by atoms with E-state index in [1.807, 2.05) is 18.2 Å². The number of nitrogens with one attached hydrogen (secondary N) is 2. The molecule has 3 N–H and O–H groups in total. The summed E-state index contributed by atoms with van der Waals surface area (Å²) in [5.74, 6) is -0.581. The van der Waals surface area contributed by atoms with Gasteiger partial charge in [0.25, 0.3) is 5.91 Å². The first-order chi connectivity index (χ1) is 12.5. The number of carbonyl (C=O) groups is 1. The van der Waals surface area contributed by atoms with Crippen LogP contribution >= 0.6 is 15.9 Å². The van der Waals surface area contributed by atoms with Crippen molar-refractivity contribution in [1.29, 1.82) is 0 Å². The Hall–Kier alpha value is -3.26. The lowest BCUT2D eigenvalue weighted by molar-refractivity contribution is 0.0949. The summed E-state index contributed by atoms with van der Waals surface area (Å²) in [5.41, 5.74) is 3.22. The van der Waals surface area contributed by atoms with Gasteiger partial charge in [0.15, 0.2) is 0 Å². The minimum Gasteiger partial charge on any atom is -0.507 e. The normalized spacial score (nSPS) is 10.8. The number of hydrogen-bond donors (Lipinski definition) is 3. The van der Waals surface area contributed by atoms with E-state index in [4.69, 9.17) is 0 Å². The molecule has 0 aliphatic rings. The summed E-state index contributed by atoms with van der Waals surface area (Å²) in [5, 5.41) is 13.5. The summed E-state index contributed by atoms with van der Waals surface area (Å²) in [4.78, 5) is 30.2. The molecule has 3 rings (SSSR count). The quantitative estimate of drug-likeness (QED) is 0.452. The molecule has 0 saturated heterocycles. The molecular formula is C18H13BrN4O3. The van der Waals surface area contributed by atoms with Crippen molar-refractivity contribution >= 4 is 28.1 Å². The molecule has 0 saturated carbocycles. The minimum atomic E-state index is -0.634. The summed E-state index contributed by atoms with van der Waals surface area (Å²) >= 11 is 3.29. The molecule has 3 aromatic rings. The zero-order chi connectivity index (χ0) is 18.5. The maximum Gasteiger partial charge on any atom is 0.346 e. The van der Waals surface area contributed by atoms with Crippen LogP contribution < -0.4 is 11.1 Å². The Morgan fingerprint density at radius 1 is 1.19 bits per heavy atom. The van der Waals surface area contributed by atoms with Crippen LogP contribution in [-0.4, -0.2) is 27.2 Å². The van der Waals surface area contributed by atoms with Crippen molar-refractivity contribution < 1.29 is 9.90 Å². The van der Waals surface area contributed by atoms with E-state index in [9.17, 15) is 14.7 Å². The third-order valence-electron chi connectivity index (χ3n) is 3.42. The van der Waals surface area contributed by atoms with Gasteiger partial charge in [0.2, 0.25) is 0 Å². The summed E-state index contributed by atoms with van der Waals surface area (Å²) in [6.07, 6.45) is 1.30. The predicted octanol–water partition coefficient (Wildman–Crippen LogP) is 2.67. The van der Waals surface area contributed by atoms with Crippen LogP contribution in [0.25, 0.3) is 11.3 Å². The van der Waals surface area contributed by atoms with Crippen LogP contribution in [0.2, 0.25) is 0 Å². The predicted molar refractivity (Wildman–Crippen MR) is 101 cm³/mol. The zero-order valence-electron chi connectivity index (χ0n) is 13.3. The van der Waals surface area contributed by atoms with E-state index in [-0.39, 0.29) is 11.4 Å². The summed E-state index contributed by atoms with van der Waals surface area (Å²) in [7, 11) is 0. The molecule has 1 amide bonds. The van der Waals surface area contributed by atoms with E-state index < -0.39 is 11.6 Å². The molecular weight excluding hydrogens is 400 g/mol. The lowest BCUT2D eigenvalue weighted by Gasteiger charge is -2.04. The second-order valence-corrected chi connectivity index (χ2v) is 6.17. The van der Waals surface area contributed by atoms with Crippen molar-refractivity contribution in [3.63, 3.8) is 0 Å². The average molecular weight is 413 g/mol. The monoisotopic (exact) mass is 412 g/mol. The highest BCUT2D eigenvalue weighted by atomic mass is 79.9. The van der Waals surface area contributed by atoms with Crippen molar-refractivity contribution in [3.8, 4) is 17.0 Å². The van der Waals surface area contributed by atoms with Gasteiger partial charge in [-0.2, -0.15) is 10.1 Å². The lowest BCUT2D eigenvalue weighted by atomic mass is 10.1. The SMILES string of the molecule is O=C(N/N=C/c1cc(Br)ccc1O)c1cc(-c2ccccc2)nc(=O)[nH]1. The Morgan fingerprint density at radius 3 is 2.73 bits per heavy atom. The fourth-order valence-electron chi connectivity index (χ4n) is 2.19. The number of aromatic nitrogens is 2. The molecule has 0 fully saturated rings. The Morgan fingerprint density at radius 2 is 1.96 bits per heavy atom. The third-order valence-corrected chi connectivity index (χ3v) is 3.91. The Labute approximate surface area is 156 Å². The smallest absolute Gasteiger partial charge is 0.346 e. The van der Waals surface area contributed by atoms with E-state index in [2.05, 4.69) is 36.4 Å². The molecule has 0 radical (unpaired) electrons. The third kappa shape index (κ3) is 4.22. The van der Waals surface area contributed by atoms with E-state index in [1.54, 1.807) is 24.3 Å². The van der Waals surface area contributed by atoms with Crippen LogP contribution in [0.5, 0.6) is 5.75 Å². The summed E-state index contributed by atoms with van der Waals surface area (Å²) < 4.78 is 0.758. The number of rotatable bonds is 4. The fourth-order valence-corrected chi connectivity index (χ4v) is 2.56. The largest absolute Gasteiger partial charge is 0.507 e. The van der Waals surface area contributed by atoms with Gasteiger partial charge in [-0.05, 0) is 24.3 Å². The number of hydrogen-bond acceptors (Lipinski definition) is 5. The number of hydrazone groups is 1. The molecule has 2 aromatic carbocycles. The number of H-pyrrole nitrogens is 1. The van der Waals surface area contributed by atoms with E-state index in [0.717, 1.165) is 10.0 Å². The topological polar surface area (TPSA) is 107 Å². The second-order valence-electron chi connectivity index (χ2n) is 5.25.